The Morgan fingerprint density at radius 1 is 1.30 bits per heavy atom. The summed E-state index contributed by atoms with van der Waals surface area (Å²) in [6.45, 7) is 0.0659. The summed E-state index contributed by atoms with van der Waals surface area (Å²) in [6, 6.07) is 6.86. The van der Waals surface area contributed by atoms with Crippen LogP contribution in [-0.2, 0) is 14.8 Å². The number of nitrogens with zero attached hydrogens (tertiary/aromatic N) is 1. The first-order valence-electron chi connectivity index (χ1n) is 6.46. The van der Waals surface area contributed by atoms with Gasteiger partial charge < -0.3 is 10.6 Å². The third-order valence-corrected chi connectivity index (χ3v) is 4.90. The van der Waals surface area contributed by atoms with Gasteiger partial charge in [-0.2, -0.15) is 0 Å². The Kier molecular flexibility index (Phi) is 4.29. The van der Waals surface area contributed by atoms with E-state index in [0.29, 0.717) is 11.7 Å². The molecule has 0 atom stereocenters. The molecular formula is C13H19N3O3S. The quantitative estimate of drug-likeness (QED) is 0.807. The van der Waals surface area contributed by atoms with Crippen molar-refractivity contribution >= 4 is 21.6 Å². The molecule has 6 nitrogen and oxygen atoms in total. The van der Waals surface area contributed by atoms with E-state index in [9.17, 15) is 13.2 Å². The molecular weight excluding hydrogens is 278 g/mol. The van der Waals surface area contributed by atoms with Crippen LogP contribution in [0.15, 0.2) is 29.2 Å². The molecule has 2 rings (SSSR count). The van der Waals surface area contributed by atoms with Gasteiger partial charge in [0, 0.05) is 20.1 Å². The summed E-state index contributed by atoms with van der Waals surface area (Å²) < 4.78 is 25.5. The molecule has 1 aromatic rings. The molecule has 2 N–H and O–H groups in total. The second-order valence-electron chi connectivity index (χ2n) is 4.98. The summed E-state index contributed by atoms with van der Waals surface area (Å²) in [6.07, 6.45) is 2.05. The molecule has 0 bridgehead atoms. The monoisotopic (exact) mass is 297 g/mol. The van der Waals surface area contributed by atoms with E-state index in [-0.39, 0.29) is 17.3 Å². The van der Waals surface area contributed by atoms with Gasteiger partial charge in [-0.15, -0.1) is 0 Å². The normalized spacial score (nSPS) is 15.2. The molecule has 0 radical (unpaired) electrons. The Morgan fingerprint density at radius 2 is 1.95 bits per heavy atom. The lowest BCUT2D eigenvalue weighted by molar-refractivity contribution is -0.119. The van der Waals surface area contributed by atoms with Gasteiger partial charge in [0.2, 0.25) is 15.9 Å². The maximum atomic E-state index is 12.2. The van der Waals surface area contributed by atoms with E-state index in [4.69, 9.17) is 0 Å². The van der Waals surface area contributed by atoms with Crippen molar-refractivity contribution < 1.29 is 13.2 Å². The molecule has 110 valence electrons. The Labute approximate surface area is 119 Å². The number of hydrogen-bond donors (Lipinski definition) is 2. The van der Waals surface area contributed by atoms with Gasteiger partial charge in [0.05, 0.1) is 12.2 Å². The highest BCUT2D eigenvalue weighted by Gasteiger charge is 2.24. The predicted octanol–water partition coefficient (Wildman–Crippen LogP) is 0.627. The number of para-hydroxylation sites is 1. The minimum atomic E-state index is -3.53. The molecule has 1 fully saturated rings. The fourth-order valence-electron chi connectivity index (χ4n) is 1.72. The number of benzene rings is 1. The van der Waals surface area contributed by atoms with Gasteiger partial charge >= 0.3 is 0 Å². The van der Waals surface area contributed by atoms with Gasteiger partial charge in [0.1, 0.15) is 4.90 Å². The van der Waals surface area contributed by atoms with Crippen LogP contribution >= 0.6 is 0 Å². The Balaban J connectivity index is 2.09. The van der Waals surface area contributed by atoms with Crippen molar-refractivity contribution in [1.29, 1.82) is 0 Å². The average molecular weight is 297 g/mol. The highest BCUT2D eigenvalue weighted by molar-refractivity contribution is 7.89. The summed E-state index contributed by atoms with van der Waals surface area (Å²) in [5.41, 5.74) is 0.437. The number of hydrogen-bond acceptors (Lipinski definition) is 4. The first-order chi connectivity index (χ1) is 9.41. The van der Waals surface area contributed by atoms with Crippen LogP contribution in [0.3, 0.4) is 0 Å². The third-order valence-electron chi connectivity index (χ3n) is 3.03. The van der Waals surface area contributed by atoms with Gasteiger partial charge in [-0.3, -0.25) is 4.79 Å². The van der Waals surface area contributed by atoms with Crippen LogP contribution < -0.4 is 10.6 Å². The lowest BCUT2D eigenvalue weighted by Crippen LogP contribution is -2.32. The number of anilines is 1. The Morgan fingerprint density at radius 3 is 2.55 bits per heavy atom. The molecule has 20 heavy (non-hydrogen) atoms. The van der Waals surface area contributed by atoms with Crippen molar-refractivity contribution in [1.82, 2.24) is 9.62 Å². The number of carbonyl (C=O) groups is 1. The maximum absolute atomic E-state index is 12.2. The number of sulfonamides is 1. The molecule has 0 saturated heterocycles. The van der Waals surface area contributed by atoms with Crippen LogP contribution in [0, 0.1) is 0 Å². The number of amides is 1. The highest BCUT2D eigenvalue weighted by Crippen LogP contribution is 2.23. The summed E-state index contributed by atoms with van der Waals surface area (Å²) in [7, 11) is -0.571. The second kappa shape index (κ2) is 5.80. The maximum Gasteiger partial charge on any atom is 0.244 e. The number of carbonyl (C=O) groups excluding carboxylic acids is 1. The molecule has 1 aliphatic carbocycles. The topological polar surface area (TPSA) is 78.5 Å². The molecule has 1 amide bonds. The van der Waals surface area contributed by atoms with Crippen LogP contribution in [0.5, 0.6) is 0 Å². The Hall–Kier alpha value is -1.60. The van der Waals surface area contributed by atoms with Crippen molar-refractivity contribution in [2.75, 3.05) is 26.0 Å². The largest absolute Gasteiger partial charge is 0.375 e. The molecule has 1 aromatic carbocycles. The first-order valence-corrected chi connectivity index (χ1v) is 7.90. The predicted molar refractivity (Wildman–Crippen MR) is 77.0 cm³/mol. The molecule has 0 spiro atoms. The smallest absolute Gasteiger partial charge is 0.244 e. The van der Waals surface area contributed by atoms with Crippen molar-refractivity contribution in [2.45, 2.75) is 23.8 Å². The first kappa shape index (κ1) is 14.8. The lowest BCUT2D eigenvalue weighted by Gasteiger charge is -2.16. The minimum absolute atomic E-state index is 0.0659. The average Bonchev–Trinajstić information content (AvgIpc) is 3.20. The van der Waals surface area contributed by atoms with Crippen molar-refractivity contribution in [3.8, 4) is 0 Å². The highest BCUT2D eigenvalue weighted by atomic mass is 32.2. The number of nitrogens with one attached hydrogen (secondary N) is 2. The standard InChI is InChI=1S/C13H19N3O3S/c1-16(2)20(18,19)12-6-4-3-5-11(12)14-9-13(17)15-10-7-8-10/h3-6,10,14H,7-9H2,1-2H3,(H,15,17). The van der Waals surface area contributed by atoms with Crippen molar-refractivity contribution in [2.24, 2.45) is 0 Å². The lowest BCUT2D eigenvalue weighted by atomic mass is 10.3. The fourth-order valence-corrected chi connectivity index (χ4v) is 2.78. The molecule has 0 aliphatic heterocycles. The number of rotatable bonds is 6. The summed E-state index contributed by atoms with van der Waals surface area (Å²) >= 11 is 0. The van der Waals surface area contributed by atoms with Crippen molar-refractivity contribution in [3.63, 3.8) is 0 Å². The van der Waals surface area contributed by atoms with E-state index in [2.05, 4.69) is 10.6 Å². The fraction of sp³-hybridized carbons (Fsp3) is 0.462. The van der Waals surface area contributed by atoms with Crippen LogP contribution in [-0.4, -0.2) is 45.3 Å². The zero-order chi connectivity index (χ0) is 14.8. The van der Waals surface area contributed by atoms with E-state index in [1.165, 1.54) is 20.2 Å². The zero-order valence-corrected chi connectivity index (χ0v) is 12.4. The van der Waals surface area contributed by atoms with Gasteiger partial charge in [0.15, 0.2) is 0 Å². The molecule has 1 aliphatic rings. The van der Waals surface area contributed by atoms with E-state index < -0.39 is 10.0 Å². The van der Waals surface area contributed by atoms with Crippen LogP contribution in [0.25, 0.3) is 0 Å². The summed E-state index contributed by atoms with van der Waals surface area (Å²) in [5, 5.41) is 5.73. The zero-order valence-electron chi connectivity index (χ0n) is 11.6. The van der Waals surface area contributed by atoms with Crippen molar-refractivity contribution in [3.05, 3.63) is 24.3 Å². The summed E-state index contributed by atoms with van der Waals surface area (Å²) in [5.74, 6) is -0.121. The third kappa shape index (κ3) is 3.49. The van der Waals surface area contributed by atoms with Gasteiger partial charge in [-0.1, -0.05) is 12.1 Å². The van der Waals surface area contributed by atoms with Gasteiger partial charge in [0.25, 0.3) is 0 Å². The van der Waals surface area contributed by atoms with E-state index >= 15 is 0 Å². The molecule has 0 aromatic heterocycles. The van der Waals surface area contributed by atoms with Crippen LogP contribution in [0.4, 0.5) is 5.69 Å². The molecule has 7 heteroatoms. The Bertz CT molecular complexity index is 595. The molecule has 1 saturated carbocycles. The molecule has 0 unspecified atom stereocenters. The second-order valence-corrected chi connectivity index (χ2v) is 7.10. The minimum Gasteiger partial charge on any atom is -0.375 e. The van der Waals surface area contributed by atoms with E-state index in [1.807, 2.05) is 0 Å². The van der Waals surface area contributed by atoms with Crippen LogP contribution in [0.2, 0.25) is 0 Å². The summed E-state index contributed by atoms with van der Waals surface area (Å²) in [4.78, 5) is 11.8. The van der Waals surface area contributed by atoms with E-state index in [0.717, 1.165) is 17.1 Å². The van der Waals surface area contributed by atoms with Gasteiger partial charge in [-0.05, 0) is 25.0 Å². The van der Waals surface area contributed by atoms with Crippen LogP contribution in [0.1, 0.15) is 12.8 Å². The van der Waals surface area contributed by atoms with E-state index in [1.54, 1.807) is 18.2 Å². The molecule has 0 heterocycles. The SMILES string of the molecule is CN(C)S(=O)(=O)c1ccccc1NCC(=O)NC1CC1. The van der Waals surface area contributed by atoms with Gasteiger partial charge in [-0.25, -0.2) is 12.7 Å².